The molecule has 7 nitrogen and oxygen atoms in total. The number of carbonyl (C=O) groups excluding carboxylic acids is 1. The molecule has 0 bridgehead atoms. The number of ether oxygens (including phenoxy) is 2. The third-order valence-corrected chi connectivity index (χ3v) is 8.03. The number of hydrogen-bond acceptors (Lipinski definition) is 6. The maximum absolute atomic E-state index is 12.9. The van der Waals surface area contributed by atoms with Gasteiger partial charge in [-0.15, -0.1) is 0 Å². The zero-order valence-corrected chi connectivity index (χ0v) is 22.5. The largest absolute Gasteiger partial charge is 0.462 e. The monoisotopic (exact) mass is 504 g/mol. The number of carbonyl (C=O) groups is 1. The van der Waals surface area contributed by atoms with E-state index in [2.05, 4.69) is 64.4 Å². The summed E-state index contributed by atoms with van der Waals surface area (Å²) < 4.78 is 11.9. The Kier molecular flexibility index (Phi) is 8.11. The van der Waals surface area contributed by atoms with Gasteiger partial charge in [0.15, 0.2) is 0 Å². The summed E-state index contributed by atoms with van der Waals surface area (Å²) in [5.41, 5.74) is 2.27. The van der Waals surface area contributed by atoms with Gasteiger partial charge in [-0.1, -0.05) is 0 Å². The highest BCUT2D eigenvalue weighted by Crippen LogP contribution is 2.31. The number of fused-ring (bicyclic) bond motifs is 1. The number of rotatable bonds is 7. The van der Waals surface area contributed by atoms with Crippen LogP contribution in [0.3, 0.4) is 0 Å². The molecule has 37 heavy (non-hydrogen) atoms. The summed E-state index contributed by atoms with van der Waals surface area (Å²) in [6, 6.07) is 6.41. The molecule has 7 heteroatoms. The Bertz CT molecular complexity index is 1170. The number of anilines is 1. The van der Waals surface area contributed by atoms with Crippen molar-refractivity contribution < 1.29 is 14.3 Å². The lowest BCUT2D eigenvalue weighted by Crippen LogP contribution is -2.49. The van der Waals surface area contributed by atoms with Crippen molar-refractivity contribution in [2.75, 3.05) is 51.9 Å². The lowest BCUT2D eigenvalue weighted by atomic mass is 9.81. The Morgan fingerprint density at radius 3 is 2.62 bits per heavy atom. The minimum atomic E-state index is 0.197. The summed E-state index contributed by atoms with van der Waals surface area (Å²) in [4.78, 5) is 21.8. The van der Waals surface area contributed by atoms with Crippen LogP contribution in [0.2, 0.25) is 0 Å². The van der Waals surface area contributed by atoms with Gasteiger partial charge in [0, 0.05) is 49.2 Å². The van der Waals surface area contributed by atoms with Crippen molar-refractivity contribution in [1.82, 2.24) is 14.8 Å². The van der Waals surface area contributed by atoms with Gasteiger partial charge in [0.25, 0.3) is 0 Å². The van der Waals surface area contributed by atoms with Crippen LogP contribution in [0, 0.1) is 18.8 Å². The molecule has 3 heterocycles. The first-order chi connectivity index (χ1) is 18.0. The fourth-order valence-electron chi connectivity index (χ4n) is 5.66. The van der Waals surface area contributed by atoms with E-state index >= 15 is 0 Å². The molecule has 1 aromatic heterocycles. The van der Waals surface area contributed by atoms with E-state index in [9.17, 15) is 4.79 Å². The number of nitrogens with one attached hydrogen (secondary N) is 1. The second-order valence-electron chi connectivity index (χ2n) is 10.8. The number of piperazine rings is 1. The van der Waals surface area contributed by atoms with Crippen molar-refractivity contribution in [1.29, 1.82) is 0 Å². The Morgan fingerprint density at radius 1 is 1.08 bits per heavy atom. The van der Waals surface area contributed by atoms with Crippen molar-refractivity contribution in [3.05, 3.63) is 53.4 Å². The van der Waals surface area contributed by atoms with Crippen LogP contribution in [0.25, 0.3) is 16.5 Å². The van der Waals surface area contributed by atoms with E-state index in [0.29, 0.717) is 18.6 Å². The second kappa shape index (κ2) is 11.7. The Labute approximate surface area is 220 Å². The number of benzene rings is 1. The van der Waals surface area contributed by atoms with Gasteiger partial charge in [-0.25, -0.2) is 4.98 Å². The number of amides is 1. The van der Waals surface area contributed by atoms with E-state index in [4.69, 9.17) is 9.47 Å². The molecular weight excluding hydrogens is 464 g/mol. The highest BCUT2D eigenvalue weighted by Gasteiger charge is 2.30. The third-order valence-electron chi connectivity index (χ3n) is 8.03. The normalized spacial score (nSPS) is 22.8. The number of likely N-dealkylation sites (N-methyl/N-ethyl adjacent to an activating group) is 1. The van der Waals surface area contributed by atoms with Crippen molar-refractivity contribution in [2.24, 2.45) is 11.8 Å². The third kappa shape index (κ3) is 6.33. The smallest absolute Gasteiger partial charge is 0.225 e. The molecule has 198 valence electrons. The van der Waals surface area contributed by atoms with Gasteiger partial charge in [-0.05, 0) is 100 Å². The molecule has 1 aliphatic carbocycles. The van der Waals surface area contributed by atoms with Gasteiger partial charge in [0.1, 0.15) is 18.3 Å². The summed E-state index contributed by atoms with van der Waals surface area (Å²) in [7, 11) is 2.12. The van der Waals surface area contributed by atoms with Crippen LogP contribution in [0.5, 0.6) is 0 Å². The molecule has 2 fully saturated rings. The standard InChI is InChI=1S/C30H40N4O3/c1-21-15-26(28-6-4-5-22(2)37-28)16-25-17-29(31-18-27(21)25)32-20-36-19-23-7-9-24(10-8-23)30(35)34-13-11-33(3)12-14-34/h5-6,15-18,23-24H,4,7-14,19-20H2,1-3H3,(H,31,32). The van der Waals surface area contributed by atoms with Crippen molar-refractivity contribution >= 4 is 28.3 Å². The van der Waals surface area contributed by atoms with Gasteiger partial charge in [0.2, 0.25) is 5.91 Å². The summed E-state index contributed by atoms with van der Waals surface area (Å²) in [6.07, 6.45) is 11.1. The van der Waals surface area contributed by atoms with E-state index in [-0.39, 0.29) is 5.92 Å². The van der Waals surface area contributed by atoms with Crippen LogP contribution < -0.4 is 5.32 Å². The molecular formula is C30H40N4O3. The Hall–Kier alpha value is -2.90. The molecule has 2 aliphatic heterocycles. The summed E-state index contributed by atoms with van der Waals surface area (Å²) in [6.45, 7) is 8.97. The number of allylic oxidation sites excluding steroid dienone is 3. The molecule has 0 unspecified atom stereocenters. The van der Waals surface area contributed by atoms with Crippen LogP contribution in [0.4, 0.5) is 5.82 Å². The van der Waals surface area contributed by atoms with Crippen molar-refractivity contribution in [3.63, 3.8) is 0 Å². The van der Waals surface area contributed by atoms with E-state index in [1.54, 1.807) is 0 Å². The number of aromatic nitrogens is 1. The quantitative estimate of drug-likeness (QED) is 0.414. The zero-order valence-electron chi connectivity index (χ0n) is 22.5. The minimum Gasteiger partial charge on any atom is -0.462 e. The highest BCUT2D eigenvalue weighted by atomic mass is 16.5. The van der Waals surface area contributed by atoms with Crippen LogP contribution >= 0.6 is 0 Å². The van der Waals surface area contributed by atoms with Gasteiger partial charge in [0.05, 0.1) is 12.4 Å². The van der Waals surface area contributed by atoms with Gasteiger partial charge < -0.3 is 24.6 Å². The van der Waals surface area contributed by atoms with Gasteiger partial charge in [-0.3, -0.25) is 4.79 Å². The summed E-state index contributed by atoms with van der Waals surface area (Å²) >= 11 is 0. The first-order valence-corrected chi connectivity index (χ1v) is 13.7. The molecule has 1 aromatic carbocycles. The predicted octanol–water partition coefficient (Wildman–Crippen LogP) is 5.17. The number of pyridine rings is 1. The molecule has 1 amide bonds. The average Bonchev–Trinajstić information content (AvgIpc) is 2.91. The molecule has 1 saturated carbocycles. The first-order valence-electron chi connectivity index (χ1n) is 13.7. The van der Waals surface area contributed by atoms with Crippen LogP contribution in [0.15, 0.2) is 42.3 Å². The van der Waals surface area contributed by atoms with Gasteiger partial charge in [-0.2, -0.15) is 0 Å². The maximum atomic E-state index is 12.9. The van der Waals surface area contributed by atoms with Crippen molar-refractivity contribution in [2.45, 2.75) is 46.0 Å². The Morgan fingerprint density at radius 2 is 1.86 bits per heavy atom. The number of nitrogens with zero attached hydrogens (tertiary/aromatic N) is 3. The van der Waals surface area contributed by atoms with Gasteiger partial charge >= 0.3 is 0 Å². The molecule has 1 saturated heterocycles. The van der Waals surface area contributed by atoms with Crippen molar-refractivity contribution in [3.8, 4) is 0 Å². The van der Waals surface area contributed by atoms with E-state index in [1.807, 2.05) is 13.1 Å². The summed E-state index contributed by atoms with van der Waals surface area (Å²) in [5.74, 6) is 3.75. The topological polar surface area (TPSA) is 66.9 Å². The fraction of sp³-hybridized carbons (Fsp3) is 0.533. The molecule has 0 radical (unpaired) electrons. The van der Waals surface area contributed by atoms with E-state index in [1.165, 1.54) is 5.56 Å². The molecule has 0 atom stereocenters. The summed E-state index contributed by atoms with van der Waals surface area (Å²) in [5, 5.41) is 5.59. The molecule has 1 N–H and O–H groups in total. The minimum absolute atomic E-state index is 0.197. The highest BCUT2D eigenvalue weighted by molar-refractivity contribution is 5.89. The lowest BCUT2D eigenvalue weighted by molar-refractivity contribution is -0.138. The first kappa shape index (κ1) is 25.7. The SMILES string of the molecule is CC1=CCC=C(c2cc(C)c3cnc(NCOCC4CCC(C(=O)N5CCN(C)CC5)CC4)cc3c2)O1. The number of hydrogen-bond donors (Lipinski definition) is 1. The molecule has 0 spiro atoms. The van der Waals surface area contributed by atoms with Crippen LogP contribution in [-0.4, -0.2) is 67.3 Å². The average molecular weight is 505 g/mol. The molecule has 5 rings (SSSR count). The fourth-order valence-corrected chi connectivity index (χ4v) is 5.66. The van der Waals surface area contributed by atoms with E-state index < -0.39 is 0 Å². The van der Waals surface area contributed by atoms with Crippen LogP contribution in [0.1, 0.15) is 50.2 Å². The predicted molar refractivity (Wildman–Crippen MR) is 148 cm³/mol. The zero-order chi connectivity index (χ0) is 25.8. The molecule has 3 aliphatic rings. The second-order valence-corrected chi connectivity index (χ2v) is 10.8. The van der Waals surface area contributed by atoms with E-state index in [0.717, 1.165) is 98.6 Å². The van der Waals surface area contributed by atoms with Crippen LogP contribution in [-0.2, 0) is 14.3 Å². The molecule has 2 aromatic rings. The maximum Gasteiger partial charge on any atom is 0.225 e. The number of aryl methyl sites for hydroxylation is 1. The lowest BCUT2D eigenvalue weighted by Gasteiger charge is -2.36. The Balaban J connectivity index is 1.08.